The Kier molecular flexibility index (Phi) is 6.38. The zero-order valence-electron chi connectivity index (χ0n) is 13.0. The molecule has 1 atom stereocenters. The van der Waals surface area contributed by atoms with Crippen LogP contribution in [0.4, 0.5) is 0 Å². The first-order valence-corrected chi connectivity index (χ1v) is 9.65. The van der Waals surface area contributed by atoms with Crippen LogP contribution in [0.3, 0.4) is 0 Å². The summed E-state index contributed by atoms with van der Waals surface area (Å²) in [6.07, 6.45) is 12.3. The maximum absolute atomic E-state index is 12.4. The fourth-order valence-corrected chi connectivity index (χ4v) is 4.62. The number of hydrogen-bond acceptors (Lipinski definition) is 1. The van der Waals surface area contributed by atoms with Crippen LogP contribution in [0.1, 0.15) is 71.1 Å². The quantitative estimate of drug-likeness (QED) is 0.532. The summed E-state index contributed by atoms with van der Waals surface area (Å²) in [5.41, 5.74) is 0.345. The molecular formula is C17H30BrNO. The van der Waals surface area contributed by atoms with Gasteiger partial charge in [0.05, 0.1) is 0 Å². The zero-order chi connectivity index (χ0) is 14.4. The minimum atomic E-state index is 0.345. The number of likely N-dealkylation sites (tertiary alicyclic amines) is 1. The third kappa shape index (κ3) is 4.22. The van der Waals surface area contributed by atoms with E-state index in [2.05, 4.69) is 27.8 Å². The van der Waals surface area contributed by atoms with Crippen molar-refractivity contribution in [3.8, 4) is 0 Å². The van der Waals surface area contributed by atoms with Crippen molar-refractivity contribution in [3.63, 3.8) is 0 Å². The van der Waals surface area contributed by atoms with E-state index in [-0.39, 0.29) is 0 Å². The van der Waals surface area contributed by atoms with E-state index in [4.69, 9.17) is 0 Å². The second kappa shape index (κ2) is 7.82. The molecule has 20 heavy (non-hydrogen) atoms. The Labute approximate surface area is 132 Å². The summed E-state index contributed by atoms with van der Waals surface area (Å²) in [5.74, 6) is 1.17. The molecule has 0 radical (unpaired) electrons. The highest BCUT2D eigenvalue weighted by atomic mass is 79.9. The van der Waals surface area contributed by atoms with Gasteiger partial charge in [0.25, 0.3) is 0 Å². The van der Waals surface area contributed by atoms with Crippen LogP contribution in [0.15, 0.2) is 0 Å². The predicted molar refractivity (Wildman–Crippen MR) is 88.1 cm³/mol. The van der Waals surface area contributed by atoms with Crippen LogP contribution in [-0.2, 0) is 4.79 Å². The fourth-order valence-electron chi connectivity index (χ4n) is 3.89. The predicted octanol–water partition coefficient (Wildman–Crippen LogP) is 4.76. The van der Waals surface area contributed by atoms with Gasteiger partial charge in [-0.15, -0.1) is 0 Å². The van der Waals surface area contributed by atoms with Crippen LogP contribution < -0.4 is 0 Å². The molecule has 1 saturated heterocycles. The molecule has 1 saturated carbocycles. The molecule has 116 valence electrons. The summed E-state index contributed by atoms with van der Waals surface area (Å²) in [7, 11) is 0. The number of nitrogens with zero attached hydrogens (tertiary/aromatic N) is 1. The number of carbonyl (C=O) groups is 1. The normalized spacial score (nSPS) is 28.0. The SMILES string of the molecule is CCC1CCC(=O)N(CC2(CBr)CCCCCC2)CC1. The summed E-state index contributed by atoms with van der Waals surface area (Å²) in [4.78, 5) is 14.6. The van der Waals surface area contributed by atoms with Crippen molar-refractivity contribution in [2.75, 3.05) is 18.4 Å². The number of amides is 1. The smallest absolute Gasteiger partial charge is 0.222 e. The molecule has 2 aliphatic rings. The average molecular weight is 344 g/mol. The van der Waals surface area contributed by atoms with Gasteiger partial charge < -0.3 is 4.90 Å². The molecule has 1 unspecified atom stereocenters. The summed E-state index contributed by atoms with van der Waals surface area (Å²) in [6.45, 7) is 4.25. The molecule has 0 N–H and O–H groups in total. The van der Waals surface area contributed by atoms with Gasteiger partial charge in [-0.2, -0.15) is 0 Å². The van der Waals surface area contributed by atoms with E-state index in [1.165, 1.54) is 51.4 Å². The van der Waals surface area contributed by atoms with Gasteiger partial charge in [-0.05, 0) is 37.0 Å². The molecule has 0 aromatic rings. The van der Waals surface area contributed by atoms with Crippen LogP contribution in [-0.4, -0.2) is 29.2 Å². The van der Waals surface area contributed by atoms with Crippen molar-refractivity contribution < 1.29 is 4.79 Å². The van der Waals surface area contributed by atoms with Gasteiger partial charge in [-0.3, -0.25) is 4.79 Å². The lowest BCUT2D eigenvalue weighted by Gasteiger charge is -2.36. The first-order valence-electron chi connectivity index (χ1n) is 8.53. The van der Waals surface area contributed by atoms with Crippen molar-refractivity contribution >= 4 is 21.8 Å². The zero-order valence-corrected chi connectivity index (χ0v) is 14.6. The maximum Gasteiger partial charge on any atom is 0.222 e. The van der Waals surface area contributed by atoms with Crippen LogP contribution in [0, 0.1) is 11.3 Å². The number of hydrogen-bond donors (Lipinski definition) is 0. The van der Waals surface area contributed by atoms with Crippen molar-refractivity contribution in [1.29, 1.82) is 0 Å². The van der Waals surface area contributed by atoms with E-state index in [1.54, 1.807) is 0 Å². The monoisotopic (exact) mass is 343 g/mol. The van der Waals surface area contributed by atoms with E-state index in [9.17, 15) is 4.79 Å². The molecule has 2 fully saturated rings. The molecule has 2 nitrogen and oxygen atoms in total. The minimum Gasteiger partial charge on any atom is -0.342 e. The van der Waals surface area contributed by atoms with Gasteiger partial charge in [-0.25, -0.2) is 0 Å². The molecule has 3 heteroatoms. The maximum atomic E-state index is 12.4. The van der Waals surface area contributed by atoms with Crippen molar-refractivity contribution in [2.45, 2.75) is 71.1 Å². The molecule has 0 bridgehead atoms. The highest BCUT2D eigenvalue weighted by Crippen LogP contribution is 2.38. The second-order valence-corrected chi connectivity index (χ2v) is 7.53. The van der Waals surface area contributed by atoms with Gasteiger partial charge in [-0.1, -0.05) is 55.0 Å². The van der Waals surface area contributed by atoms with E-state index in [0.717, 1.165) is 37.2 Å². The van der Waals surface area contributed by atoms with Crippen LogP contribution in [0.5, 0.6) is 0 Å². The lowest BCUT2D eigenvalue weighted by Crippen LogP contribution is -2.42. The lowest BCUT2D eigenvalue weighted by molar-refractivity contribution is -0.132. The Hall–Kier alpha value is -0.0500. The molecule has 0 spiro atoms. The number of carbonyl (C=O) groups excluding carboxylic acids is 1. The lowest BCUT2D eigenvalue weighted by atomic mass is 9.82. The minimum absolute atomic E-state index is 0.345. The van der Waals surface area contributed by atoms with Crippen LogP contribution >= 0.6 is 15.9 Å². The first-order chi connectivity index (χ1) is 9.69. The molecule has 1 heterocycles. The highest BCUT2D eigenvalue weighted by Gasteiger charge is 2.34. The number of halogens is 1. The van der Waals surface area contributed by atoms with Crippen molar-refractivity contribution in [1.82, 2.24) is 4.90 Å². The van der Waals surface area contributed by atoms with Crippen LogP contribution in [0.25, 0.3) is 0 Å². The summed E-state index contributed by atoms with van der Waals surface area (Å²) in [6, 6.07) is 0. The van der Waals surface area contributed by atoms with Crippen molar-refractivity contribution in [2.24, 2.45) is 11.3 Å². The Morgan fingerprint density at radius 2 is 1.90 bits per heavy atom. The Morgan fingerprint density at radius 3 is 2.50 bits per heavy atom. The molecule has 1 amide bonds. The van der Waals surface area contributed by atoms with E-state index in [0.29, 0.717) is 11.3 Å². The van der Waals surface area contributed by atoms with Gasteiger partial charge in [0.2, 0.25) is 5.91 Å². The summed E-state index contributed by atoms with van der Waals surface area (Å²) in [5, 5.41) is 1.06. The van der Waals surface area contributed by atoms with Crippen LogP contribution in [0.2, 0.25) is 0 Å². The van der Waals surface area contributed by atoms with Gasteiger partial charge in [0.1, 0.15) is 0 Å². The van der Waals surface area contributed by atoms with Crippen molar-refractivity contribution in [3.05, 3.63) is 0 Å². The molecule has 2 rings (SSSR count). The molecule has 1 aliphatic carbocycles. The summed E-state index contributed by atoms with van der Waals surface area (Å²) >= 11 is 3.76. The molecule has 0 aromatic carbocycles. The standard InChI is InChI=1S/C17H30BrNO/c1-2-15-7-8-16(20)19(12-9-15)14-17(13-18)10-5-3-4-6-11-17/h15H,2-14H2,1H3. The Bertz CT molecular complexity index is 310. The largest absolute Gasteiger partial charge is 0.342 e. The molecule has 1 aliphatic heterocycles. The Morgan fingerprint density at radius 1 is 1.20 bits per heavy atom. The van der Waals surface area contributed by atoms with E-state index < -0.39 is 0 Å². The van der Waals surface area contributed by atoms with Gasteiger partial charge in [0.15, 0.2) is 0 Å². The van der Waals surface area contributed by atoms with E-state index >= 15 is 0 Å². The number of alkyl halides is 1. The average Bonchev–Trinajstić information content (AvgIpc) is 2.80. The molecular weight excluding hydrogens is 314 g/mol. The van der Waals surface area contributed by atoms with E-state index in [1.807, 2.05) is 0 Å². The van der Waals surface area contributed by atoms with Gasteiger partial charge >= 0.3 is 0 Å². The first kappa shape index (κ1) is 16.3. The third-order valence-electron chi connectivity index (χ3n) is 5.48. The third-order valence-corrected chi connectivity index (χ3v) is 6.67. The number of rotatable bonds is 4. The highest BCUT2D eigenvalue weighted by molar-refractivity contribution is 9.09. The van der Waals surface area contributed by atoms with Gasteiger partial charge in [0, 0.05) is 24.8 Å². The second-order valence-electron chi connectivity index (χ2n) is 6.96. The topological polar surface area (TPSA) is 20.3 Å². The Balaban J connectivity index is 1.99. The summed E-state index contributed by atoms with van der Waals surface area (Å²) < 4.78 is 0. The fraction of sp³-hybridized carbons (Fsp3) is 0.941. The molecule has 0 aromatic heterocycles.